The molecule has 25 heavy (non-hydrogen) atoms. The van der Waals surface area contributed by atoms with Gasteiger partial charge in [-0.05, 0) is 17.0 Å². The maximum Gasteiger partial charge on any atom is 0.358 e. The summed E-state index contributed by atoms with van der Waals surface area (Å²) in [6.45, 7) is 0.246. The van der Waals surface area contributed by atoms with Gasteiger partial charge in [0.2, 0.25) is 5.75 Å². The monoisotopic (exact) mass is 358 g/mol. The highest BCUT2D eigenvalue weighted by Crippen LogP contribution is 2.28. The molecule has 2 heterocycles. The van der Waals surface area contributed by atoms with Crippen molar-refractivity contribution in [3.8, 4) is 5.75 Å². The number of rotatable bonds is 6. The van der Waals surface area contributed by atoms with Gasteiger partial charge >= 0.3 is 5.97 Å². The number of hydrogen-bond donors (Lipinski definition) is 3. The van der Waals surface area contributed by atoms with E-state index in [1.165, 1.54) is 11.3 Å². The number of nitrogens with zero attached hydrogens (tertiary/aromatic N) is 1. The summed E-state index contributed by atoms with van der Waals surface area (Å²) in [6, 6.07) is 13.0. The van der Waals surface area contributed by atoms with E-state index >= 15 is 0 Å². The number of aromatic amines is 1. The van der Waals surface area contributed by atoms with Crippen molar-refractivity contribution in [3.05, 3.63) is 80.2 Å². The van der Waals surface area contributed by atoms with Gasteiger partial charge in [-0.25, -0.2) is 9.78 Å². The fourth-order valence-corrected chi connectivity index (χ4v) is 3.02. The average molecular weight is 358 g/mol. The fraction of sp³-hybridized carbons (Fsp3) is 0.118. The van der Waals surface area contributed by atoms with Gasteiger partial charge in [0, 0.05) is 4.88 Å². The standard InChI is InChI=1S/C17H14N2O5S/c20-13-12(17(22)23)18-15(19-16(13)21)14(11-7-4-8-25-11)24-9-10-5-2-1-3-6-10/h1-8,14,20H,9H2,(H,22,23)(H,18,19,21). The van der Waals surface area contributed by atoms with Gasteiger partial charge in [-0.1, -0.05) is 36.4 Å². The molecule has 0 saturated heterocycles. The lowest BCUT2D eigenvalue weighted by Gasteiger charge is -2.16. The number of ether oxygens (including phenoxy) is 1. The molecule has 0 spiro atoms. The van der Waals surface area contributed by atoms with Crippen molar-refractivity contribution in [2.45, 2.75) is 12.7 Å². The summed E-state index contributed by atoms with van der Waals surface area (Å²) >= 11 is 1.39. The third-order valence-corrected chi connectivity index (χ3v) is 4.34. The molecule has 128 valence electrons. The third-order valence-electron chi connectivity index (χ3n) is 3.43. The molecule has 1 unspecified atom stereocenters. The van der Waals surface area contributed by atoms with E-state index in [0.29, 0.717) is 0 Å². The zero-order valence-electron chi connectivity index (χ0n) is 12.9. The molecule has 2 aromatic heterocycles. The van der Waals surface area contributed by atoms with Crippen LogP contribution in [-0.4, -0.2) is 26.2 Å². The largest absolute Gasteiger partial charge is 0.501 e. The topological polar surface area (TPSA) is 113 Å². The normalized spacial score (nSPS) is 12.0. The van der Waals surface area contributed by atoms with Crippen LogP contribution in [0.15, 0.2) is 52.6 Å². The molecule has 0 aliphatic rings. The third kappa shape index (κ3) is 3.76. The van der Waals surface area contributed by atoms with Crippen molar-refractivity contribution in [2.24, 2.45) is 0 Å². The zero-order chi connectivity index (χ0) is 17.8. The van der Waals surface area contributed by atoms with Crippen molar-refractivity contribution >= 4 is 17.3 Å². The SMILES string of the molecule is O=C(O)c1nc(C(OCc2ccccc2)c2cccs2)[nH]c(=O)c1O. The average Bonchev–Trinajstić information content (AvgIpc) is 3.13. The number of thiophene rings is 1. The maximum atomic E-state index is 11.9. The van der Waals surface area contributed by atoms with E-state index < -0.39 is 29.1 Å². The van der Waals surface area contributed by atoms with Gasteiger partial charge in [0.25, 0.3) is 5.56 Å². The van der Waals surface area contributed by atoms with Crippen LogP contribution in [0.25, 0.3) is 0 Å². The van der Waals surface area contributed by atoms with Gasteiger partial charge in [-0.2, -0.15) is 0 Å². The first kappa shape index (κ1) is 16.9. The fourth-order valence-electron chi connectivity index (χ4n) is 2.25. The Balaban J connectivity index is 1.98. The maximum absolute atomic E-state index is 11.9. The Labute approximate surface area is 146 Å². The highest BCUT2D eigenvalue weighted by molar-refractivity contribution is 7.10. The number of aromatic hydroxyl groups is 1. The summed E-state index contributed by atoms with van der Waals surface area (Å²) in [7, 11) is 0. The van der Waals surface area contributed by atoms with Crippen molar-refractivity contribution in [2.75, 3.05) is 0 Å². The Kier molecular flexibility index (Phi) is 4.92. The van der Waals surface area contributed by atoms with Gasteiger partial charge in [0.05, 0.1) is 6.61 Å². The Morgan fingerprint density at radius 2 is 2.00 bits per heavy atom. The van der Waals surface area contributed by atoms with Gasteiger partial charge in [0.15, 0.2) is 5.69 Å². The van der Waals surface area contributed by atoms with E-state index in [9.17, 15) is 14.7 Å². The minimum atomic E-state index is -1.49. The van der Waals surface area contributed by atoms with Crippen LogP contribution in [0.2, 0.25) is 0 Å². The molecule has 3 aromatic rings. The number of hydrogen-bond acceptors (Lipinski definition) is 6. The predicted molar refractivity (Wildman–Crippen MR) is 90.9 cm³/mol. The number of aromatic carboxylic acids is 1. The molecule has 0 fully saturated rings. The van der Waals surface area contributed by atoms with Crippen molar-refractivity contribution in [3.63, 3.8) is 0 Å². The Morgan fingerprint density at radius 3 is 2.64 bits per heavy atom. The second kappa shape index (κ2) is 7.29. The van der Waals surface area contributed by atoms with Crippen LogP contribution in [0.3, 0.4) is 0 Å². The summed E-state index contributed by atoms with van der Waals surface area (Å²) in [5, 5.41) is 20.5. The molecule has 0 bridgehead atoms. The lowest BCUT2D eigenvalue weighted by Crippen LogP contribution is -2.20. The first-order chi connectivity index (χ1) is 12.1. The molecule has 8 heteroatoms. The molecule has 0 aliphatic carbocycles. The van der Waals surface area contributed by atoms with E-state index in [-0.39, 0.29) is 12.4 Å². The van der Waals surface area contributed by atoms with Crippen LogP contribution in [0.4, 0.5) is 0 Å². The van der Waals surface area contributed by atoms with Gasteiger partial charge in [-0.3, -0.25) is 4.79 Å². The molecule has 3 N–H and O–H groups in total. The second-order valence-electron chi connectivity index (χ2n) is 5.15. The highest BCUT2D eigenvalue weighted by Gasteiger charge is 2.24. The number of carbonyl (C=O) groups is 1. The lowest BCUT2D eigenvalue weighted by molar-refractivity contribution is 0.0612. The first-order valence-electron chi connectivity index (χ1n) is 7.31. The van der Waals surface area contributed by atoms with Crippen LogP contribution < -0.4 is 5.56 Å². The van der Waals surface area contributed by atoms with E-state index in [1.54, 1.807) is 6.07 Å². The van der Waals surface area contributed by atoms with Crippen molar-refractivity contribution in [1.29, 1.82) is 0 Å². The van der Waals surface area contributed by atoms with Crippen LogP contribution >= 0.6 is 11.3 Å². The summed E-state index contributed by atoms with van der Waals surface area (Å²) in [5.41, 5.74) is -0.709. The molecular formula is C17H14N2O5S. The number of carboxylic acid groups (broad SMARTS) is 1. The Morgan fingerprint density at radius 1 is 1.24 bits per heavy atom. The van der Waals surface area contributed by atoms with E-state index in [1.807, 2.05) is 41.8 Å². The molecule has 3 rings (SSSR count). The first-order valence-corrected chi connectivity index (χ1v) is 8.19. The Hall–Kier alpha value is -2.97. The lowest BCUT2D eigenvalue weighted by atomic mass is 10.2. The summed E-state index contributed by atoms with van der Waals surface area (Å²) in [6.07, 6.45) is -0.758. The van der Waals surface area contributed by atoms with E-state index in [2.05, 4.69) is 9.97 Å². The van der Waals surface area contributed by atoms with E-state index in [0.717, 1.165) is 10.4 Å². The molecule has 0 saturated carbocycles. The van der Waals surface area contributed by atoms with Gasteiger partial charge in [-0.15, -0.1) is 11.3 Å². The summed E-state index contributed by atoms with van der Waals surface area (Å²) in [4.78, 5) is 30.1. The molecule has 0 radical (unpaired) electrons. The second-order valence-corrected chi connectivity index (χ2v) is 6.12. The predicted octanol–water partition coefficient (Wildman–Crippen LogP) is 2.54. The highest BCUT2D eigenvalue weighted by atomic mass is 32.1. The van der Waals surface area contributed by atoms with E-state index in [4.69, 9.17) is 9.84 Å². The minimum absolute atomic E-state index is 0.0265. The van der Waals surface area contributed by atoms with Crippen LogP contribution in [0.1, 0.15) is 32.9 Å². The summed E-state index contributed by atoms with van der Waals surface area (Å²) < 4.78 is 5.89. The number of H-pyrrole nitrogens is 1. The zero-order valence-corrected chi connectivity index (χ0v) is 13.7. The summed E-state index contributed by atoms with van der Waals surface area (Å²) in [5.74, 6) is -2.39. The van der Waals surface area contributed by atoms with Crippen LogP contribution in [0, 0.1) is 0 Å². The van der Waals surface area contributed by atoms with Gasteiger partial charge in [0.1, 0.15) is 11.9 Å². The molecule has 7 nitrogen and oxygen atoms in total. The number of carboxylic acids is 1. The Bertz CT molecular complexity index is 922. The smallest absolute Gasteiger partial charge is 0.358 e. The minimum Gasteiger partial charge on any atom is -0.501 e. The van der Waals surface area contributed by atoms with Crippen LogP contribution in [0.5, 0.6) is 5.75 Å². The molecule has 0 aliphatic heterocycles. The van der Waals surface area contributed by atoms with Crippen molar-refractivity contribution < 1.29 is 19.7 Å². The quantitative estimate of drug-likeness (QED) is 0.624. The molecule has 1 atom stereocenters. The van der Waals surface area contributed by atoms with Crippen molar-refractivity contribution in [1.82, 2.24) is 9.97 Å². The van der Waals surface area contributed by atoms with Gasteiger partial charge < -0.3 is 19.9 Å². The number of nitrogens with one attached hydrogen (secondary N) is 1. The molecule has 1 aromatic carbocycles. The molecule has 0 amide bonds. The number of aromatic nitrogens is 2. The van der Waals surface area contributed by atoms with Crippen LogP contribution in [-0.2, 0) is 11.3 Å². The molecular weight excluding hydrogens is 344 g/mol. The number of benzene rings is 1.